The molecule has 0 amide bonds. The summed E-state index contributed by atoms with van der Waals surface area (Å²) in [6, 6.07) is 64.7. The van der Waals surface area contributed by atoms with Gasteiger partial charge in [-0.25, -0.2) is 9.97 Å². The molecular formula is C48H36N2. The van der Waals surface area contributed by atoms with Crippen molar-refractivity contribution in [3.05, 3.63) is 193 Å². The molecule has 0 aliphatic heterocycles. The second kappa shape index (κ2) is 13.6. The van der Waals surface area contributed by atoms with Crippen LogP contribution in [0.2, 0.25) is 0 Å². The molecule has 2 nitrogen and oxygen atoms in total. The molecule has 0 unspecified atom stereocenters. The Morgan fingerprint density at radius 2 is 0.600 bits per heavy atom. The van der Waals surface area contributed by atoms with E-state index in [1.165, 1.54) is 33.4 Å². The summed E-state index contributed by atoms with van der Waals surface area (Å²) in [6.45, 7) is 4.25. The monoisotopic (exact) mass is 640 g/mol. The highest BCUT2D eigenvalue weighted by Gasteiger charge is 2.15. The third kappa shape index (κ3) is 6.65. The molecule has 0 saturated carbocycles. The number of rotatable bonds is 7. The molecule has 0 radical (unpaired) electrons. The number of hydrogen-bond acceptors (Lipinski definition) is 2. The van der Waals surface area contributed by atoms with Gasteiger partial charge in [0.2, 0.25) is 0 Å². The molecule has 238 valence electrons. The van der Waals surface area contributed by atoms with Crippen LogP contribution in [0.3, 0.4) is 0 Å². The fourth-order valence-corrected chi connectivity index (χ4v) is 6.43. The minimum absolute atomic E-state index is 0.692. The van der Waals surface area contributed by atoms with Gasteiger partial charge < -0.3 is 0 Å². The normalized spacial score (nSPS) is 11.0. The number of aromatic nitrogens is 2. The van der Waals surface area contributed by atoms with E-state index in [9.17, 15) is 0 Å². The SMILES string of the molecule is Cc1ccc(-c2cccc(-c3cc(-c4cccc(-c5ccc(C)cc5)c4)cc(-c4nc(-c5ccccc5)cc(-c5ccccc5)n4)c3)c2)cc1. The molecular weight excluding hydrogens is 605 g/mol. The first-order valence-electron chi connectivity index (χ1n) is 17.1. The summed E-state index contributed by atoms with van der Waals surface area (Å²) < 4.78 is 0. The van der Waals surface area contributed by atoms with Crippen LogP contribution in [0.25, 0.3) is 78.4 Å². The fourth-order valence-electron chi connectivity index (χ4n) is 6.43. The molecule has 1 heterocycles. The van der Waals surface area contributed by atoms with Gasteiger partial charge in [-0.1, -0.05) is 157 Å². The highest BCUT2D eigenvalue weighted by molar-refractivity contribution is 5.84. The lowest BCUT2D eigenvalue weighted by molar-refractivity contribution is 1.18. The van der Waals surface area contributed by atoms with E-state index in [0.29, 0.717) is 5.82 Å². The van der Waals surface area contributed by atoms with Crippen molar-refractivity contribution in [2.45, 2.75) is 13.8 Å². The predicted molar refractivity (Wildman–Crippen MR) is 210 cm³/mol. The molecule has 0 aliphatic rings. The maximum absolute atomic E-state index is 5.20. The largest absolute Gasteiger partial charge is 0.228 e. The minimum Gasteiger partial charge on any atom is -0.228 e. The Labute approximate surface area is 294 Å². The molecule has 0 atom stereocenters. The van der Waals surface area contributed by atoms with Gasteiger partial charge >= 0.3 is 0 Å². The topological polar surface area (TPSA) is 25.8 Å². The number of nitrogens with zero attached hydrogens (tertiary/aromatic N) is 2. The van der Waals surface area contributed by atoms with E-state index in [4.69, 9.17) is 9.97 Å². The molecule has 1 aromatic heterocycles. The highest BCUT2D eigenvalue weighted by atomic mass is 14.9. The van der Waals surface area contributed by atoms with Gasteiger partial charge in [0.1, 0.15) is 0 Å². The zero-order chi connectivity index (χ0) is 33.9. The van der Waals surface area contributed by atoms with Crippen LogP contribution in [0.1, 0.15) is 11.1 Å². The second-order valence-electron chi connectivity index (χ2n) is 12.9. The first kappa shape index (κ1) is 30.9. The molecule has 8 aromatic rings. The van der Waals surface area contributed by atoms with Crippen molar-refractivity contribution in [1.29, 1.82) is 0 Å². The average Bonchev–Trinajstić information content (AvgIpc) is 3.19. The van der Waals surface area contributed by atoms with Crippen LogP contribution in [-0.2, 0) is 0 Å². The maximum atomic E-state index is 5.20. The summed E-state index contributed by atoms with van der Waals surface area (Å²) in [4.78, 5) is 10.4. The minimum atomic E-state index is 0.692. The summed E-state index contributed by atoms with van der Waals surface area (Å²) in [5.41, 5.74) is 16.7. The first-order chi connectivity index (χ1) is 24.6. The van der Waals surface area contributed by atoms with Crippen LogP contribution in [0.5, 0.6) is 0 Å². The van der Waals surface area contributed by atoms with Crippen molar-refractivity contribution < 1.29 is 0 Å². The zero-order valence-electron chi connectivity index (χ0n) is 28.2. The van der Waals surface area contributed by atoms with E-state index in [0.717, 1.165) is 50.3 Å². The lowest BCUT2D eigenvalue weighted by Gasteiger charge is -2.14. The quantitative estimate of drug-likeness (QED) is 0.173. The maximum Gasteiger partial charge on any atom is 0.160 e. The smallest absolute Gasteiger partial charge is 0.160 e. The zero-order valence-corrected chi connectivity index (χ0v) is 28.2. The number of hydrogen-bond donors (Lipinski definition) is 0. The Hall–Kier alpha value is -6.38. The number of aryl methyl sites for hydroxylation is 2. The Morgan fingerprint density at radius 1 is 0.260 bits per heavy atom. The van der Waals surface area contributed by atoms with Crippen LogP contribution >= 0.6 is 0 Å². The van der Waals surface area contributed by atoms with Crippen LogP contribution in [-0.4, -0.2) is 9.97 Å². The van der Waals surface area contributed by atoms with Gasteiger partial charge in [-0.05, 0) is 94.8 Å². The third-order valence-corrected chi connectivity index (χ3v) is 9.22. The standard InChI is InChI=1S/C48H36N2/c1-33-19-23-35(24-20-33)39-15-9-17-41(27-39)43-29-44(42-18-10-16-40(28-42)36-25-21-34(2)22-26-36)31-45(30-43)48-49-46(37-11-5-3-6-12-37)32-47(50-48)38-13-7-4-8-14-38/h3-32H,1-2H3. The molecule has 0 aliphatic carbocycles. The van der Waals surface area contributed by atoms with Gasteiger partial charge in [-0.15, -0.1) is 0 Å². The van der Waals surface area contributed by atoms with E-state index in [-0.39, 0.29) is 0 Å². The van der Waals surface area contributed by atoms with Crippen molar-refractivity contribution in [3.8, 4) is 78.4 Å². The van der Waals surface area contributed by atoms with E-state index in [2.05, 4.69) is 184 Å². The summed E-state index contributed by atoms with van der Waals surface area (Å²) in [5.74, 6) is 0.692. The molecule has 0 spiro atoms. The van der Waals surface area contributed by atoms with Crippen molar-refractivity contribution in [2.24, 2.45) is 0 Å². The fraction of sp³-hybridized carbons (Fsp3) is 0.0417. The van der Waals surface area contributed by atoms with Crippen molar-refractivity contribution in [3.63, 3.8) is 0 Å². The third-order valence-electron chi connectivity index (χ3n) is 9.22. The summed E-state index contributed by atoms with van der Waals surface area (Å²) in [7, 11) is 0. The van der Waals surface area contributed by atoms with Crippen LogP contribution in [0.4, 0.5) is 0 Å². The van der Waals surface area contributed by atoms with E-state index < -0.39 is 0 Å². The first-order valence-corrected chi connectivity index (χ1v) is 17.1. The molecule has 0 fully saturated rings. The van der Waals surface area contributed by atoms with Gasteiger partial charge in [-0.3, -0.25) is 0 Å². The van der Waals surface area contributed by atoms with Crippen LogP contribution < -0.4 is 0 Å². The Morgan fingerprint density at radius 3 is 1.02 bits per heavy atom. The van der Waals surface area contributed by atoms with Gasteiger partial charge in [-0.2, -0.15) is 0 Å². The molecule has 0 saturated heterocycles. The Balaban J connectivity index is 1.32. The van der Waals surface area contributed by atoms with Crippen molar-refractivity contribution in [1.82, 2.24) is 9.97 Å². The molecule has 2 heteroatoms. The second-order valence-corrected chi connectivity index (χ2v) is 12.9. The molecule has 8 rings (SSSR count). The predicted octanol–water partition coefficient (Wildman–Crippen LogP) is 12.8. The van der Waals surface area contributed by atoms with Gasteiger partial charge in [0, 0.05) is 16.7 Å². The van der Waals surface area contributed by atoms with Crippen LogP contribution in [0, 0.1) is 13.8 Å². The lowest BCUT2D eigenvalue weighted by Crippen LogP contribution is -1.97. The molecule has 0 N–H and O–H groups in total. The van der Waals surface area contributed by atoms with Gasteiger partial charge in [0.05, 0.1) is 11.4 Å². The van der Waals surface area contributed by atoms with E-state index in [1.807, 2.05) is 12.1 Å². The summed E-state index contributed by atoms with van der Waals surface area (Å²) in [6.07, 6.45) is 0. The van der Waals surface area contributed by atoms with Crippen molar-refractivity contribution in [2.75, 3.05) is 0 Å². The van der Waals surface area contributed by atoms with E-state index in [1.54, 1.807) is 0 Å². The Kier molecular flexibility index (Phi) is 8.42. The van der Waals surface area contributed by atoms with Gasteiger partial charge in [0.25, 0.3) is 0 Å². The Bertz CT molecular complexity index is 2250. The van der Waals surface area contributed by atoms with Crippen molar-refractivity contribution >= 4 is 0 Å². The van der Waals surface area contributed by atoms with E-state index >= 15 is 0 Å². The summed E-state index contributed by atoms with van der Waals surface area (Å²) >= 11 is 0. The molecule has 7 aromatic carbocycles. The average molecular weight is 641 g/mol. The highest BCUT2D eigenvalue weighted by Crippen LogP contribution is 2.36. The van der Waals surface area contributed by atoms with Crippen LogP contribution in [0.15, 0.2) is 182 Å². The summed E-state index contributed by atoms with van der Waals surface area (Å²) in [5, 5.41) is 0. The lowest BCUT2D eigenvalue weighted by atomic mass is 9.92. The molecule has 0 bridgehead atoms. The van der Waals surface area contributed by atoms with Gasteiger partial charge in [0.15, 0.2) is 5.82 Å². The molecule has 50 heavy (non-hydrogen) atoms. The number of benzene rings is 7.